The Morgan fingerprint density at radius 1 is 0.800 bits per heavy atom. The molecule has 0 saturated carbocycles. The number of benzene rings is 3. The molecule has 0 bridgehead atoms. The van der Waals surface area contributed by atoms with Crippen molar-refractivity contribution in [3.05, 3.63) is 111 Å². The SMILES string of the molecule is CC(=O)c1ccc(/C=C/c2ccc(Br)cc2)cc1.OB(O)/C=C/c1ccc(F)cc1. The van der Waals surface area contributed by atoms with Crippen molar-refractivity contribution < 1.29 is 19.2 Å². The molecular formula is C24H21BBrFO3. The summed E-state index contributed by atoms with van der Waals surface area (Å²) in [5.41, 5.74) is 3.71. The molecule has 0 radical (unpaired) electrons. The lowest BCUT2D eigenvalue weighted by Crippen LogP contribution is -2.05. The summed E-state index contributed by atoms with van der Waals surface area (Å²) in [5, 5.41) is 16.9. The predicted octanol–water partition coefficient (Wildman–Crippen LogP) is 5.67. The van der Waals surface area contributed by atoms with Crippen molar-refractivity contribution in [2.75, 3.05) is 0 Å². The molecule has 0 spiro atoms. The summed E-state index contributed by atoms with van der Waals surface area (Å²) in [7, 11) is -1.46. The molecule has 30 heavy (non-hydrogen) atoms. The molecule has 0 unspecified atom stereocenters. The van der Waals surface area contributed by atoms with Crippen molar-refractivity contribution in [1.29, 1.82) is 0 Å². The van der Waals surface area contributed by atoms with Crippen molar-refractivity contribution in [3.63, 3.8) is 0 Å². The first kappa shape index (κ1) is 23.5. The van der Waals surface area contributed by atoms with E-state index in [1.54, 1.807) is 19.1 Å². The molecule has 3 aromatic carbocycles. The highest BCUT2D eigenvalue weighted by molar-refractivity contribution is 9.10. The van der Waals surface area contributed by atoms with Gasteiger partial charge in [-0.3, -0.25) is 4.79 Å². The van der Waals surface area contributed by atoms with Gasteiger partial charge in [-0.15, -0.1) is 0 Å². The molecule has 2 N–H and O–H groups in total. The minimum absolute atomic E-state index is 0.0958. The van der Waals surface area contributed by atoms with Crippen molar-refractivity contribution >= 4 is 47.1 Å². The Labute approximate surface area is 184 Å². The third-order valence-corrected chi connectivity index (χ3v) is 4.51. The van der Waals surface area contributed by atoms with E-state index in [1.807, 2.05) is 54.6 Å². The first-order valence-corrected chi connectivity index (χ1v) is 9.97. The third kappa shape index (κ3) is 8.70. The summed E-state index contributed by atoms with van der Waals surface area (Å²) in [4.78, 5) is 11.1. The molecule has 0 aliphatic carbocycles. The van der Waals surface area contributed by atoms with Crippen LogP contribution in [0.25, 0.3) is 18.2 Å². The van der Waals surface area contributed by atoms with Gasteiger partial charge in [-0.05, 0) is 47.9 Å². The van der Waals surface area contributed by atoms with E-state index < -0.39 is 7.12 Å². The van der Waals surface area contributed by atoms with Crippen LogP contribution in [0.3, 0.4) is 0 Å². The fourth-order valence-electron chi connectivity index (χ4n) is 2.37. The highest BCUT2D eigenvalue weighted by Gasteiger charge is 1.98. The average Bonchev–Trinajstić information content (AvgIpc) is 2.73. The zero-order valence-corrected chi connectivity index (χ0v) is 18.0. The van der Waals surface area contributed by atoms with Gasteiger partial charge in [0.2, 0.25) is 0 Å². The maximum Gasteiger partial charge on any atom is 0.480 e. The van der Waals surface area contributed by atoms with E-state index >= 15 is 0 Å². The summed E-state index contributed by atoms with van der Waals surface area (Å²) < 4.78 is 13.4. The maximum atomic E-state index is 12.4. The number of hydrogen-bond acceptors (Lipinski definition) is 3. The number of ketones is 1. The zero-order valence-electron chi connectivity index (χ0n) is 16.4. The number of hydrogen-bond donors (Lipinski definition) is 2. The van der Waals surface area contributed by atoms with Crippen LogP contribution in [0.2, 0.25) is 0 Å². The molecular weight excluding hydrogens is 446 g/mol. The largest absolute Gasteiger partial charge is 0.480 e. The van der Waals surface area contributed by atoms with Crippen molar-refractivity contribution in [2.24, 2.45) is 0 Å². The van der Waals surface area contributed by atoms with E-state index in [0.717, 1.165) is 26.7 Å². The molecule has 0 fully saturated rings. The Balaban J connectivity index is 0.000000232. The molecule has 0 saturated heterocycles. The van der Waals surface area contributed by atoms with Gasteiger partial charge in [0.1, 0.15) is 5.82 Å². The van der Waals surface area contributed by atoms with Gasteiger partial charge < -0.3 is 10.0 Å². The van der Waals surface area contributed by atoms with Crippen molar-refractivity contribution in [3.8, 4) is 0 Å². The molecule has 0 aromatic heterocycles. The Kier molecular flexibility index (Phi) is 9.41. The number of carbonyl (C=O) groups is 1. The quantitative estimate of drug-likeness (QED) is 0.289. The molecule has 0 aliphatic rings. The molecule has 0 heterocycles. The second kappa shape index (κ2) is 12.0. The normalized spacial score (nSPS) is 10.7. The standard InChI is InChI=1S/C16H13BrO.C8H8BFO2/c1-12(18)15-8-4-13(5-9-15)2-3-14-6-10-16(17)11-7-14;10-8-3-1-7(2-4-8)5-6-9(11)12/h2-11H,1H3;1-6,11-12H/b3-2+;6-5+. The van der Waals surface area contributed by atoms with Crippen LogP contribution in [-0.2, 0) is 0 Å². The van der Waals surface area contributed by atoms with Crippen molar-refractivity contribution in [1.82, 2.24) is 0 Å². The Bertz CT molecular complexity index is 996. The molecule has 0 amide bonds. The summed E-state index contributed by atoms with van der Waals surface area (Å²) >= 11 is 3.41. The molecule has 6 heteroatoms. The van der Waals surface area contributed by atoms with Crippen LogP contribution in [-0.4, -0.2) is 22.9 Å². The zero-order chi connectivity index (χ0) is 21.9. The number of rotatable bonds is 5. The minimum atomic E-state index is -1.46. The van der Waals surface area contributed by atoms with Gasteiger partial charge in [-0.1, -0.05) is 88.7 Å². The lowest BCUT2D eigenvalue weighted by atomic mass is 9.91. The van der Waals surface area contributed by atoms with Gasteiger partial charge in [-0.25, -0.2) is 4.39 Å². The van der Waals surface area contributed by atoms with Gasteiger partial charge in [0, 0.05) is 10.0 Å². The molecule has 3 nitrogen and oxygen atoms in total. The smallest absolute Gasteiger partial charge is 0.424 e. The van der Waals surface area contributed by atoms with E-state index in [2.05, 4.69) is 22.0 Å². The third-order valence-electron chi connectivity index (χ3n) is 3.99. The number of carbonyl (C=O) groups excluding carboxylic acids is 1. The lowest BCUT2D eigenvalue weighted by molar-refractivity contribution is 0.101. The Hall–Kier alpha value is -2.80. The van der Waals surface area contributed by atoms with E-state index in [1.165, 1.54) is 24.2 Å². The number of halogens is 2. The molecule has 3 rings (SSSR count). The second-order valence-corrected chi connectivity index (χ2v) is 7.30. The van der Waals surface area contributed by atoms with Crippen molar-refractivity contribution in [2.45, 2.75) is 6.92 Å². The molecule has 0 aliphatic heterocycles. The maximum absolute atomic E-state index is 12.4. The van der Waals surface area contributed by atoms with Gasteiger partial charge in [0.25, 0.3) is 0 Å². The monoisotopic (exact) mass is 466 g/mol. The summed E-state index contributed by atoms with van der Waals surface area (Å²) in [6, 6.07) is 21.4. The highest BCUT2D eigenvalue weighted by Crippen LogP contribution is 2.14. The number of Topliss-reactive ketones (excluding diaryl/α,β-unsaturated/α-hetero) is 1. The topological polar surface area (TPSA) is 57.5 Å². The summed E-state index contributed by atoms with van der Waals surface area (Å²) in [6.07, 6.45) is 5.59. The van der Waals surface area contributed by atoms with Crippen LogP contribution in [0, 0.1) is 5.82 Å². The fraction of sp³-hybridized carbons (Fsp3) is 0.0417. The van der Waals surface area contributed by atoms with Crippen LogP contribution in [0.15, 0.2) is 83.2 Å². The molecule has 0 atom stereocenters. The minimum Gasteiger partial charge on any atom is -0.424 e. The van der Waals surface area contributed by atoms with Crippen LogP contribution < -0.4 is 0 Å². The van der Waals surface area contributed by atoms with E-state index in [9.17, 15) is 9.18 Å². The molecule has 3 aromatic rings. The van der Waals surface area contributed by atoms with Gasteiger partial charge in [0.15, 0.2) is 5.78 Å². The predicted molar refractivity (Wildman–Crippen MR) is 125 cm³/mol. The summed E-state index contributed by atoms with van der Waals surface area (Å²) in [6.45, 7) is 1.58. The van der Waals surface area contributed by atoms with Crippen LogP contribution in [0.5, 0.6) is 0 Å². The summed E-state index contributed by atoms with van der Waals surface area (Å²) in [5.74, 6) is 0.989. The van der Waals surface area contributed by atoms with Crippen LogP contribution in [0.4, 0.5) is 4.39 Å². The van der Waals surface area contributed by atoms with Crippen LogP contribution >= 0.6 is 15.9 Å². The Morgan fingerprint density at radius 2 is 1.23 bits per heavy atom. The van der Waals surface area contributed by atoms with E-state index in [4.69, 9.17) is 10.0 Å². The second-order valence-electron chi connectivity index (χ2n) is 6.39. The van der Waals surface area contributed by atoms with Crippen LogP contribution in [0.1, 0.15) is 34.0 Å². The Morgan fingerprint density at radius 3 is 1.70 bits per heavy atom. The van der Waals surface area contributed by atoms with E-state index in [0.29, 0.717) is 0 Å². The van der Waals surface area contributed by atoms with Gasteiger partial charge in [-0.2, -0.15) is 0 Å². The average molecular weight is 467 g/mol. The first-order valence-electron chi connectivity index (χ1n) is 9.18. The fourth-order valence-corrected chi connectivity index (χ4v) is 2.63. The lowest BCUT2D eigenvalue weighted by Gasteiger charge is -1.97. The molecule has 152 valence electrons. The highest BCUT2D eigenvalue weighted by atomic mass is 79.9. The van der Waals surface area contributed by atoms with Gasteiger partial charge in [0.05, 0.1) is 0 Å². The van der Waals surface area contributed by atoms with Gasteiger partial charge >= 0.3 is 7.12 Å². The first-order chi connectivity index (χ1) is 14.3. The van der Waals surface area contributed by atoms with E-state index in [-0.39, 0.29) is 11.6 Å².